The fourth-order valence-electron chi connectivity index (χ4n) is 4.13. The third-order valence-corrected chi connectivity index (χ3v) is 6.03. The molecule has 1 saturated heterocycles. The number of nitrogens with one attached hydrogen (secondary N) is 1. The van der Waals surface area contributed by atoms with Crippen molar-refractivity contribution in [2.24, 2.45) is 13.0 Å². The molecule has 29 heavy (non-hydrogen) atoms. The minimum Gasteiger partial charge on any atom is -0.352 e. The number of amides is 1. The number of carbonyl (C=O) groups excluding carboxylic acids is 1. The Kier molecular flexibility index (Phi) is 5.88. The second-order valence-electron chi connectivity index (χ2n) is 7.79. The van der Waals surface area contributed by atoms with Crippen molar-refractivity contribution in [3.8, 4) is 0 Å². The molecule has 1 N–H and O–H groups in total. The molecule has 1 aliphatic rings. The minimum absolute atomic E-state index is 0.0139. The average molecular weight is 414 g/mol. The van der Waals surface area contributed by atoms with E-state index in [9.17, 15) is 9.18 Å². The first kappa shape index (κ1) is 19.9. The molecule has 1 aromatic heterocycles. The molecule has 4 rings (SSSR count). The highest BCUT2D eigenvalue weighted by Crippen LogP contribution is 2.27. The van der Waals surface area contributed by atoms with Crippen LogP contribution in [0.4, 0.5) is 4.39 Å². The molecule has 152 valence electrons. The predicted octanol–water partition coefficient (Wildman–Crippen LogP) is 4.50. The Labute approximate surface area is 175 Å². The number of carbonyl (C=O) groups is 1. The lowest BCUT2D eigenvalue weighted by Crippen LogP contribution is -2.40. The predicted molar refractivity (Wildman–Crippen MR) is 114 cm³/mol. The molecule has 0 atom stereocenters. The fraction of sp³-hybridized carbons (Fsp3) is 0.348. The number of likely N-dealkylation sites (tertiary alicyclic amines) is 1. The van der Waals surface area contributed by atoms with Crippen LogP contribution >= 0.6 is 11.6 Å². The van der Waals surface area contributed by atoms with Crippen molar-refractivity contribution in [2.75, 3.05) is 13.1 Å². The molecule has 2 heterocycles. The van der Waals surface area contributed by atoms with Crippen LogP contribution in [0.25, 0.3) is 10.9 Å². The van der Waals surface area contributed by atoms with E-state index in [4.69, 9.17) is 11.6 Å². The molecule has 0 saturated carbocycles. The summed E-state index contributed by atoms with van der Waals surface area (Å²) in [6.45, 7) is 2.83. The molecule has 3 aromatic rings. The number of benzene rings is 2. The van der Waals surface area contributed by atoms with E-state index < -0.39 is 0 Å². The number of halogens is 2. The summed E-state index contributed by atoms with van der Waals surface area (Å²) in [5.74, 6) is -0.275. The van der Waals surface area contributed by atoms with E-state index in [1.165, 1.54) is 22.5 Å². The zero-order chi connectivity index (χ0) is 20.4. The largest absolute Gasteiger partial charge is 0.352 e. The summed E-state index contributed by atoms with van der Waals surface area (Å²) in [5, 5.41) is 4.82. The first-order valence-electron chi connectivity index (χ1n) is 9.98. The Hall–Kier alpha value is -2.37. The molecule has 0 spiro atoms. The molecule has 0 aliphatic carbocycles. The van der Waals surface area contributed by atoms with Gasteiger partial charge in [0.2, 0.25) is 5.91 Å². The Morgan fingerprint density at radius 2 is 1.93 bits per heavy atom. The number of aryl methyl sites for hydroxylation is 1. The zero-order valence-electron chi connectivity index (χ0n) is 16.5. The Bertz CT molecular complexity index is 1020. The van der Waals surface area contributed by atoms with Crippen molar-refractivity contribution >= 4 is 28.4 Å². The number of rotatable bonds is 5. The standard InChI is InChI=1S/C23H25ClFN3O/c1-27-14-18(20-12-19(24)6-7-22(20)27)15-28-10-8-16(9-11-28)23(29)26-13-17-4-2-3-5-21(17)25/h2-7,12,14,16H,8-11,13,15H2,1H3,(H,26,29). The molecule has 1 amide bonds. The number of hydrogen-bond donors (Lipinski definition) is 1. The minimum atomic E-state index is -0.280. The van der Waals surface area contributed by atoms with Gasteiger partial charge >= 0.3 is 0 Å². The van der Waals surface area contributed by atoms with E-state index in [0.29, 0.717) is 5.56 Å². The number of fused-ring (bicyclic) bond motifs is 1. The van der Waals surface area contributed by atoms with E-state index in [2.05, 4.69) is 21.0 Å². The second kappa shape index (κ2) is 8.56. The van der Waals surface area contributed by atoms with Crippen LogP contribution in [-0.4, -0.2) is 28.5 Å². The maximum atomic E-state index is 13.7. The monoisotopic (exact) mass is 413 g/mol. The van der Waals surface area contributed by atoms with Gasteiger partial charge in [-0.25, -0.2) is 4.39 Å². The van der Waals surface area contributed by atoms with Crippen molar-refractivity contribution in [1.82, 2.24) is 14.8 Å². The van der Waals surface area contributed by atoms with Gasteiger partial charge in [-0.2, -0.15) is 0 Å². The zero-order valence-corrected chi connectivity index (χ0v) is 17.3. The molecule has 0 bridgehead atoms. The van der Waals surface area contributed by atoms with E-state index in [-0.39, 0.29) is 24.2 Å². The van der Waals surface area contributed by atoms with Crippen molar-refractivity contribution in [2.45, 2.75) is 25.9 Å². The third-order valence-electron chi connectivity index (χ3n) is 5.80. The molecule has 0 radical (unpaired) electrons. The van der Waals surface area contributed by atoms with Crippen molar-refractivity contribution < 1.29 is 9.18 Å². The Morgan fingerprint density at radius 3 is 2.69 bits per heavy atom. The summed E-state index contributed by atoms with van der Waals surface area (Å²) in [6, 6.07) is 12.5. The maximum Gasteiger partial charge on any atom is 0.223 e. The summed E-state index contributed by atoms with van der Waals surface area (Å²) < 4.78 is 15.8. The summed E-state index contributed by atoms with van der Waals surface area (Å²) in [7, 11) is 2.05. The quantitative estimate of drug-likeness (QED) is 0.668. The fourth-order valence-corrected chi connectivity index (χ4v) is 4.31. The molecule has 4 nitrogen and oxygen atoms in total. The maximum absolute atomic E-state index is 13.7. The third kappa shape index (κ3) is 4.46. The number of nitrogens with zero attached hydrogens (tertiary/aromatic N) is 2. The first-order valence-corrected chi connectivity index (χ1v) is 10.4. The Balaban J connectivity index is 1.32. The molecular formula is C23H25ClFN3O. The van der Waals surface area contributed by atoms with Gasteiger partial charge in [-0.05, 0) is 55.8 Å². The van der Waals surface area contributed by atoms with Crippen LogP contribution in [0.3, 0.4) is 0 Å². The van der Waals surface area contributed by atoms with Crippen molar-refractivity contribution in [3.63, 3.8) is 0 Å². The van der Waals surface area contributed by atoms with Crippen LogP contribution in [0.5, 0.6) is 0 Å². The highest BCUT2D eigenvalue weighted by atomic mass is 35.5. The van der Waals surface area contributed by atoms with E-state index >= 15 is 0 Å². The van der Waals surface area contributed by atoms with Gasteiger partial charge in [0.05, 0.1) is 0 Å². The lowest BCUT2D eigenvalue weighted by Gasteiger charge is -2.31. The van der Waals surface area contributed by atoms with Crippen molar-refractivity contribution in [3.05, 3.63) is 70.6 Å². The van der Waals surface area contributed by atoms with E-state index in [0.717, 1.165) is 37.5 Å². The summed E-state index contributed by atoms with van der Waals surface area (Å²) in [6.07, 6.45) is 3.79. The van der Waals surface area contributed by atoms with Gasteiger partial charge in [-0.3, -0.25) is 9.69 Å². The van der Waals surface area contributed by atoms with Gasteiger partial charge in [0, 0.05) is 53.7 Å². The van der Waals surface area contributed by atoms with Gasteiger partial charge in [0.15, 0.2) is 0 Å². The number of piperidine rings is 1. The summed E-state index contributed by atoms with van der Waals surface area (Å²) in [4.78, 5) is 14.9. The second-order valence-corrected chi connectivity index (χ2v) is 8.22. The van der Waals surface area contributed by atoms with Gasteiger partial charge in [0.25, 0.3) is 0 Å². The van der Waals surface area contributed by atoms with Crippen molar-refractivity contribution in [1.29, 1.82) is 0 Å². The smallest absolute Gasteiger partial charge is 0.223 e. The molecule has 1 aliphatic heterocycles. The lowest BCUT2D eigenvalue weighted by molar-refractivity contribution is -0.126. The van der Waals surface area contributed by atoms with E-state index in [1.54, 1.807) is 18.2 Å². The average Bonchev–Trinajstić information content (AvgIpc) is 3.02. The number of hydrogen-bond acceptors (Lipinski definition) is 2. The topological polar surface area (TPSA) is 37.3 Å². The molecule has 6 heteroatoms. The van der Waals surface area contributed by atoms with Crippen LogP contribution in [0.2, 0.25) is 5.02 Å². The van der Waals surface area contributed by atoms with Crippen LogP contribution in [0, 0.1) is 11.7 Å². The summed E-state index contributed by atoms with van der Waals surface area (Å²) >= 11 is 6.19. The first-order chi connectivity index (χ1) is 14.0. The normalized spacial score (nSPS) is 15.7. The molecular weight excluding hydrogens is 389 g/mol. The van der Waals surface area contributed by atoms with E-state index in [1.807, 2.05) is 25.2 Å². The van der Waals surface area contributed by atoms with Crippen LogP contribution < -0.4 is 5.32 Å². The SMILES string of the molecule is Cn1cc(CN2CCC(C(=O)NCc3ccccc3F)CC2)c2cc(Cl)ccc21. The highest BCUT2D eigenvalue weighted by molar-refractivity contribution is 6.31. The Morgan fingerprint density at radius 1 is 1.17 bits per heavy atom. The number of aromatic nitrogens is 1. The van der Waals surface area contributed by atoms with Gasteiger partial charge in [-0.1, -0.05) is 29.8 Å². The highest BCUT2D eigenvalue weighted by Gasteiger charge is 2.25. The van der Waals surface area contributed by atoms with Crippen LogP contribution in [0.1, 0.15) is 24.0 Å². The molecule has 2 aromatic carbocycles. The van der Waals surface area contributed by atoms with Crippen LogP contribution in [0.15, 0.2) is 48.7 Å². The van der Waals surface area contributed by atoms with Gasteiger partial charge < -0.3 is 9.88 Å². The summed E-state index contributed by atoms with van der Waals surface area (Å²) in [5.41, 5.74) is 2.95. The molecule has 0 unspecified atom stereocenters. The van der Waals surface area contributed by atoms with Gasteiger partial charge in [-0.15, -0.1) is 0 Å². The van der Waals surface area contributed by atoms with Crippen LogP contribution in [-0.2, 0) is 24.9 Å². The molecule has 1 fully saturated rings. The van der Waals surface area contributed by atoms with Gasteiger partial charge in [0.1, 0.15) is 5.82 Å². The lowest BCUT2D eigenvalue weighted by atomic mass is 9.95.